The maximum Gasteiger partial charge on any atom is 0.191 e. The third kappa shape index (κ3) is 6.75. The van der Waals surface area contributed by atoms with Gasteiger partial charge in [0.25, 0.3) is 0 Å². The molecule has 0 aliphatic heterocycles. The Morgan fingerprint density at radius 2 is 1.08 bits per heavy atom. The van der Waals surface area contributed by atoms with E-state index in [1.807, 2.05) is 91.0 Å². The van der Waals surface area contributed by atoms with Gasteiger partial charge in [-0.1, -0.05) is 91.0 Å². The van der Waals surface area contributed by atoms with Gasteiger partial charge in [-0.3, -0.25) is 0 Å². The van der Waals surface area contributed by atoms with Crippen LogP contribution in [-0.2, 0) is 16.1 Å². The lowest BCUT2D eigenvalue weighted by molar-refractivity contribution is 0.302. The van der Waals surface area contributed by atoms with E-state index < -0.39 is 0 Å². The summed E-state index contributed by atoms with van der Waals surface area (Å²) in [4.78, 5) is 0. The number of hydrogen-bond acceptors (Lipinski definition) is 4. The second-order valence-corrected chi connectivity index (χ2v) is 6.03. The summed E-state index contributed by atoms with van der Waals surface area (Å²) >= 11 is 10.1. The molecule has 0 radical (unpaired) electrons. The maximum atomic E-state index is 5.55. The highest BCUT2D eigenvalue weighted by Crippen LogP contribution is 2.06. The molecule has 0 unspecified atom stereocenters. The topological polar surface area (TPSA) is 18.5 Å². The molecule has 3 aromatic rings. The summed E-state index contributed by atoms with van der Waals surface area (Å²) in [6, 6.07) is 29.4. The third-order valence-electron chi connectivity index (χ3n) is 3.42. The van der Waals surface area contributed by atoms with E-state index >= 15 is 0 Å². The molecule has 3 aromatic carbocycles. The van der Waals surface area contributed by atoms with E-state index in [1.54, 1.807) is 7.11 Å². The van der Waals surface area contributed by atoms with Gasteiger partial charge in [-0.05, 0) is 30.0 Å². The summed E-state index contributed by atoms with van der Waals surface area (Å²) in [5, 5.41) is 1.09. The average Bonchev–Trinajstić information content (AvgIpc) is 2.74. The predicted octanol–water partition coefficient (Wildman–Crippen LogP) is 5.59. The van der Waals surface area contributed by atoms with E-state index in [2.05, 4.69) is 0 Å². The highest BCUT2D eigenvalue weighted by atomic mass is 32.1. The quantitative estimate of drug-likeness (QED) is 0.549. The smallest absolute Gasteiger partial charge is 0.191 e. The standard InChI is InChI=1S/C14H12OS.C8H8OS/c16-14(13-9-5-2-6-10-13)15-11-12-7-3-1-4-8-12;1-9-8(10)7-5-3-2-4-6-7/h1-10H,11H2;2-6H,1H3. The van der Waals surface area contributed by atoms with Crippen LogP contribution in [0.3, 0.4) is 0 Å². The van der Waals surface area contributed by atoms with Crippen molar-refractivity contribution in [2.45, 2.75) is 6.61 Å². The molecule has 0 N–H and O–H groups in total. The second-order valence-electron chi connectivity index (χ2n) is 5.29. The maximum absolute atomic E-state index is 5.55. The largest absolute Gasteiger partial charge is 0.486 e. The first kappa shape index (κ1) is 19.8. The molecule has 2 nitrogen and oxygen atoms in total. The lowest BCUT2D eigenvalue weighted by Crippen LogP contribution is -2.03. The van der Waals surface area contributed by atoms with Crippen molar-refractivity contribution in [3.05, 3.63) is 108 Å². The number of ether oxygens (including phenoxy) is 2. The van der Waals surface area contributed by atoms with Crippen molar-refractivity contribution in [2.75, 3.05) is 7.11 Å². The zero-order valence-electron chi connectivity index (χ0n) is 14.5. The zero-order chi connectivity index (χ0) is 18.6. The fourth-order valence-corrected chi connectivity index (χ4v) is 2.40. The molecule has 26 heavy (non-hydrogen) atoms. The Labute approximate surface area is 165 Å². The molecule has 4 heteroatoms. The van der Waals surface area contributed by atoms with Crippen LogP contribution in [0.25, 0.3) is 0 Å². The SMILES string of the molecule is COC(=S)c1ccccc1.S=C(OCc1ccccc1)c1ccccc1. The van der Waals surface area contributed by atoms with Crippen molar-refractivity contribution in [3.8, 4) is 0 Å². The number of thiocarbonyl (C=S) groups is 2. The first-order chi connectivity index (χ1) is 12.7. The zero-order valence-corrected chi connectivity index (χ0v) is 16.1. The summed E-state index contributed by atoms with van der Waals surface area (Å²) in [6.07, 6.45) is 0. The van der Waals surface area contributed by atoms with Crippen molar-refractivity contribution in [1.29, 1.82) is 0 Å². The van der Waals surface area contributed by atoms with Crippen molar-refractivity contribution in [2.24, 2.45) is 0 Å². The van der Waals surface area contributed by atoms with Gasteiger partial charge < -0.3 is 9.47 Å². The number of rotatable bonds is 4. The predicted molar refractivity (Wildman–Crippen MR) is 115 cm³/mol. The normalized spacial score (nSPS) is 9.42. The molecule has 0 amide bonds. The molecule has 0 aliphatic carbocycles. The fraction of sp³-hybridized carbons (Fsp3) is 0.0909. The molecule has 0 saturated carbocycles. The van der Waals surface area contributed by atoms with Crippen molar-refractivity contribution < 1.29 is 9.47 Å². The Morgan fingerprint density at radius 1 is 0.654 bits per heavy atom. The Bertz CT molecular complexity index is 803. The lowest BCUT2D eigenvalue weighted by atomic mass is 10.2. The van der Waals surface area contributed by atoms with E-state index in [0.717, 1.165) is 16.7 Å². The first-order valence-electron chi connectivity index (χ1n) is 8.10. The first-order valence-corrected chi connectivity index (χ1v) is 8.92. The Kier molecular flexibility index (Phi) is 8.46. The van der Waals surface area contributed by atoms with Gasteiger partial charge in [0.05, 0.1) is 7.11 Å². The van der Waals surface area contributed by atoms with Gasteiger partial charge in [-0.25, -0.2) is 0 Å². The Morgan fingerprint density at radius 3 is 1.54 bits per heavy atom. The molecule has 0 bridgehead atoms. The summed E-state index contributed by atoms with van der Waals surface area (Å²) in [5.41, 5.74) is 3.04. The van der Waals surface area contributed by atoms with Gasteiger partial charge >= 0.3 is 0 Å². The molecule has 0 fully saturated rings. The third-order valence-corrected chi connectivity index (χ3v) is 4.17. The van der Waals surface area contributed by atoms with Gasteiger partial charge in [0, 0.05) is 11.1 Å². The number of benzene rings is 3. The van der Waals surface area contributed by atoms with E-state index in [-0.39, 0.29) is 0 Å². The highest BCUT2D eigenvalue weighted by Gasteiger charge is 2.01. The monoisotopic (exact) mass is 380 g/mol. The van der Waals surface area contributed by atoms with Crippen LogP contribution >= 0.6 is 24.4 Å². The van der Waals surface area contributed by atoms with Crippen LogP contribution in [0.2, 0.25) is 0 Å². The molecular formula is C22H20O2S2. The van der Waals surface area contributed by atoms with E-state index in [0.29, 0.717) is 16.7 Å². The van der Waals surface area contributed by atoms with Gasteiger partial charge in [0.15, 0.2) is 10.1 Å². The molecule has 0 spiro atoms. The van der Waals surface area contributed by atoms with E-state index in [9.17, 15) is 0 Å². The van der Waals surface area contributed by atoms with Crippen LogP contribution < -0.4 is 0 Å². The van der Waals surface area contributed by atoms with Crippen LogP contribution in [-0.4, -0.2) is 17.2 Å². The Hall–Kier alpha value is -2.56. The number of methoxy groups -OCH3 is 1. The van der Waals surface area contributed by atoms with Crippen LogP contribution in [0.15, 0.2) is 91.0 Å². The van der Waals surface area contributed by atoms with Crippen molar-refractivity contribution in [1.82, 2.24) is 0 Å². The van der Waals surface area contributed by atoms with E-state index in [1.165, 1.54) is 0 Å². The van der Waals surface area contributed by atoms with E-state index in [4.69, 9.17) is 33.9 Å². The molecule has 0 aliphatic rings. The lowest BCUT2D eigenvalue weighted by Gasteiger charge is -2.07. The molecule has 0 saturated heterocycles. The van der Waals surface area contributed by atoms with Gasteiger partial charge in [-0.15, -0.1) is 0 Å². The summed E-state index contributed by atoms with van der Waals surface area (Å²) in [6.45, 7) is 0.522. The van der Waals surface area contributed by atoms with Gasteiger partial charge in [0.1, 0.15) is 6.61 Å². The minimum atomic E-state index is 0.522. The van der Waals surface area contributed by atoms with Gasteiger partial charge in [0.2, 0.25) is 0 Å². The van der Waals surface area contributed by atoms with Crippen molar-refractivity contribution >= 4 is 34.5 Å². The molecule has 132 valence electrons. The molecule has 0 atom stereocenters. The average molecular weight is 381 g/mol. The molecule has 3 rings (SSSR count). The number of hydrogen-bond donors (Lipinski definition) is 0. The summed E-state index contributed by atoms with van der Waals surface area (Å²) in [5.74, 6) is 0. The second kappa shape index (κ2) is 11.1. The Balaban J connectivity index is 0.000000209. The van der Waals surface area contributed by atoms with Crippen LogP contribution in [0.1, 0.15) is 16.7 Å². The van der Waals surface area contributed by atoms with Crippen LogP contribution in [0.4, 0.5) is 0 Å². The fourth-order valence-electron chi connectivity index (χ4n) is 2.07. The van der Waals surface area contributed by atoms with Crippen molar-refractivity contribution in [3.63, 3.8) is 0 Å². The highest BCUT2D eigenvalue weighted by molar-refractivity contribution is 7.80. The minimum absolute atomic E-state index is 0.522. The van der Waals surface area contributed by atoms with Gasteiger partial charge in [-0.2, -0.15) is 0 Å². The van der Waals surface area contributed by atoms with Crippen LogP contribution in [0, 0.1) is 0 Å². The minimum Gasteiger partial charge on any atom is -0.486 e. The molecule has 0 heterocycles. The molecule has 0 aromatic heterocycles. The molecular weight excluding hydrogens is 360 g/mol. The summed E-state index contributed by atoms with van der Waals surface area (Å²) < 4.78 is 10.4. The summed E-state index contributed by atoms with van der Waals surface area (Å²) in [7, 11) is 1.58. The van der Waals surface area contributed by atoms with Crippen LogP contribution in [0.5, 0.6) is 0 Å².